The first-order valence-corrected chi connectivity index (χ1v) is 12.1. The lowest BCUT2D eigenvalue weighted by Crippen LogP contribution is -2.03. The van der Waals surface area contributed by atoms with Gasteiger partial charge in [-0.1, -0.05) is 48.5 Å². The molecule has 182 valence electrons. The van der Waals surface area contributed by atoms with Crippen LogP contribution in [0.15, 0.2) is 85.2 Å². The standard InChI is InChI=1S/C26H14F6N2S2/c27-25(28,29)19-9-5-17(6-10-19)23-33-13-21(35-23)15-1-2-16(4-3-15)22-14-34-24(36-22)18-7-11-20(12-8-18)26(30,31)32/h1-14H. The van der Waals surface area contributed by atoms with Crippen LogP contribution < -0.4 is 0 Å². The first kappa shape index (κ1) is 24.2. The molecular weight excluding hydrogens is 518 g/mol. The highest BCUT2D eigenvalue weighted by atomic mass is 32.1. The SMILES string of the molecule is FC(F)(F)c1ccc(-c2ncc(-c3ccc(-c4cnc(-c5ccc(C(F)(F)F)cc5)s4)cc3)s2)cc1. The molecule has 36 heavy (non-hydrogen) atoms. The lowest BCUT2D eigenvalue weighted by molar-refractivity contribution is -0.138. The summed E-state index contributed by atoms with van der Waals surface area (Å²) in [5.74, 6) is 0. The number of halogens is 6. The molecular formula is C26H14F6N2S2. The number of nitrogens with zero attached hydrogens (tertiary/aromatic N) is 2. The minimum atomic E-state index is -4.38. The van der Waals surface area contributed by atoms with Crippen molar-refractivity contribution in [3.05, 3.63) is 96.3 Å². The molecule has 0 radical (unpaired) electrons. The van der Waals surface area contributed by atoms with E-state index in [1.54, 1.807) is 12.4 Å². The fourth-order valence-electron chi connectivity index (χ4n) is 3.48. The van der Waals surface area contributed by atoms with Crippen LogP contribution in [0.2, 0.25) is 0 Å². The average Bonchev–Trinajstić information content (AvgIpc) is 3.54. The van der Waals surface area contributed by atoms with Gasteiger partial charge in [-0.05, 0) is 35.4 Å². The maximum atomic E-state index is 12.8. The molecule has 5 aromatic rings. The van der Waals surface area contributed by atoms with Crippen LogP contribution >= 0.6 is 22.7 Å². The van der Waals surface area contributed by atoms with E-state index in [1.807, 2.05) is 24.3 Å². The number of benzene rings is 3. The Bertz CT molecular complexity index is 1370. The first-order valence-electron chi connectivity index (χ1n) is 10.5. The molecule has 0 bridgehead atoms. The van der Waals surface area contributed by atoms with E-state index in [2.05, 4.69) is 9.97 Å². The molecule has 0 amide bonds. The highest BCUT2D eigenvalue weighted by Crippen LogP contribution is 2.37. The Labute approximate surface area is 209 Å². The molecule has 3 aromatic carbocycles. The lowest BCUT2D eigenvalue weighted by atomic mass is 10.1. The van der Waals surface area contributed by atoms with Gasteiger partial charge in [0.25, 0.3) is 0 Å². The third-order valence-electron chi connectivity index (χ3n) is 5.38. The molecule has 2 heterocycles. The Morgan fingerprint density at radius 3 is 1.06 bits per heavy atom. The molecule has 10 heteroatoms. The molecule has 0 saturated heterocycles. The zero-order valence-electron chi connectivity index (χ0n) is 18.1. The number of hydrogen-bond acceptors (Lipinski definition) is 4. The van der Waals surface area contributed by atoms with E-state index in [9.17, 15) is 26.3 Å². The second-order valence-electron chi connectivity index (χ2n) is 7.79. The van der Waals surface area contributed by atoms with Gasteiger partial charge in [0.1, 0.15) is 10.0 Å². The van der Waals surface area contributed by atoms with Crippen molar-refractivity contribution < 1.29 is 26.3 Å². The van der Waals surface area contributed by atoms with Gasteiger partial charge < -0.3 is 0 Å². The Balaban J connectivity index is 1.32. The van der Waals surface area contributed by atoms with Crippen LogP contribution in [0.4, 0.5) is 26.3 Å². The molecule has 0 aliphatic carbocycles. The minimum Gasteiger partial charge on any atom is -0.244 e. The zero-order valence-corrected chi connectivity index (χ0v) is 19.7. The summed E-state index contributed by atoms with van der Waals surface area (Å²) >= 11 is 2.75. The molecule has 0 N–H and O–H groups in total. The molecule has 0 unspecified atom stereocenters. The Hall–Kier alpha value is -3.50. The monoisotopic (exact) mass is 532 g/mol. The predicted octanol–water partition coefficient (Wildman–Crippen LogP) is 9.31. The Morgan fingerprint density at radius 1 is 0.444 bits per heavy atom. The maximum Gasteiger partial charge on any atom is 0.416 e. The largest absolute Gasteiger partial charge is 0.416 e. The molecule has 0 saturated carbocycles. The van der Waals surface area contributed by atoms with Gasteiger partial charge >= 0.3 is 12.4 Å². The van der Waals surface area contributed by atoms with Crippen LogP contribution in [0.25, 0.3) is 42.0 Å². The van der Waals surface area contributed by atoms with Crippen LogP contribution in [0.3, 0.4) is 0 Å². The molecule has 0 atom stereocenters. The maximum absolute atomic E-state index is 12.8. The quantitative estimate of drug-likeness (QED) is 0.216. The summed E-state index contributed by atoms with van der Waals surface area (Å²) in [7, 11) is 0. The van der Waals surface area contributed by atoms with E-state index in [1.165, 1.54) is 46.9 Å². The molecule has 5 rings (SSSR count). The van der Waals surface area contributed by atoms with Gasteiger partial charge in [-0.25, -0.2) is 9.97 Å². The highest BCUT2D eigenvalue weighted by molar-refractivity contribution is 7.18. The van der Waals surface area contributed by atoms with Crippen molar-refractivity contribution in [1.29, 1.82) is 0 Å². The molecule has 0 fully saturated rings. The third-order valence-corrected chi connectivity index (χ3v) is 7.57. The van der Waals surface area contributed by atoms with Gasteiger partial charge in [-0.2, -0.15) is 26.3 Å². The van der Waals surface area contributed by atoms with Gasteiger partial charge in [0.05, 0.1) is 20.9 Å². The summed E-state index contributed by atoms with van der Waals surface area (Å²) in [6.45, 7) is 0. The minimum absolute atomic E-state index is 0.608. The van der Waals surface area contributed by atoms with Crippen LogP contribution in [0, 0.1) is 0 Å². The number of rotatable bonds is 4. The van der Waals surface area contributed by atoms with Crippen LogP contribution in [0.5, 0.6) is 0 Å². The van der Waals surface area contributed by atoms with Gasteiger partial charge in [-0.15, -0.1) is 22.7 Å². The fraction of sp³-hybridized carbons (Fsp3) is 0.0769. The van der Waals surface area contributed by atoms with Crippen LogP contribution in [-0.4, -0.2) is 9.97 Å². The van der Waals surface area contributed by atoms with E-state index in [0.29, 0.717) is 21.1 Å². The zero-order chi connectivity index (χ0) is 25.5. The third kappa shape index (κ3) is 5.05. The van der Waals surface area contributed by atoms with E-state index >= 15 is 0 Å². The predicted molar refractivity (Wildman–Crippen MR) is 130 cm³/mol. The molecule has 0 aliphatic rings. The van der Waals surface area contributed by atoms with E-state index in [4.69, 9.17) is 0 Å². The van der Waals surface area contributed by atoms with Crippen LogP contribution in [0.1, 0.15) is 11.1 Å². The normalized spacial score (nSPS) is 12.2. The molecule has 2 aromatic heterocycles. The summed E-state index contributed by atoms with van der Waals surface area (Å²) < 4.78 is 76.7. The van der Waals surface area contributed by atoms with Crippen molar-refractivity contribution >= 4 is 22.7 Å². The lowest BCUT2D eigenvalue weighted by Gasteiger charge is -2.06. The van der Waals surface area contributed by atoms with Crippen molar-refractivity contribution in [3.8, 4) is 42.0 Å². The second-order valence-corrected chi connectivity index (χ2v) is 9.85. The number of alkyl halides is 6. The summed E-state index contributed by atoms with van der Waals surface area (Å²) in [6.07, 6.45) is -5.40. The van der Waals surface area contributed by atoms with Gasteiger partial charge in [0.2, 0.25) is 0 Å². The van der Waals surface area contributed by atoms with Crippen LogP contribution in [-0.2, 0) is 12.4 Å². The second kappa shape index (κ2) is 9.18. The first-order chi connectivity index (χ1) is 17.1. The van der Waals surface area contributed by atoms with Gasteiger partial charge in [-0.3, -0.25) is 0 Å². The van der Waals surface area contributed by atoms with Crippen molar-refractivity contribution in [2.75, 3.05) is 0 Å². The summed E-state index contributed by atoms with van der Waals surface area (Å²) in [4.78, 5) is 10.4. The smallest absolute Gasteiger partial charge is 0.244 e. The van der Waals surface area contributed by atoms with Gasteiger partial charge in [0, 0.05) is 23.5 Å². The number of aromatic nitrogens is 2. The topological polar surface area (TPSA) is 25.8 Å². The van der Waals surface area contributed by atoms with E-state index < -0.39 is 23.5 Å². The van der Waals surface area contributed by atoms with Crippen molar-refractivity contribution in [2.24, 2.45) is 0 Å². The van der Waals surface area contributed by atoms with Gasteiger partial charge in [0.15, 0.2) is 0 Å². The molecule has 0 aliphatic heterocycles. The number of thiazole rings is 2. The fourth-order valence-corrected chi connectivity index (χ4v) is 5.34. The molecule has 0 spiro atoms. The van der Waals surface area contributed by atoms with E-state index in [-0.39, 0.29) is 0 Å². The summed E-state index contributed by atoms with van der Waals surface area (Å²) in [5.41, 5.74) is 1.61. The van der Waals surface area contributed by atoms with Crippen molar-refractivity contribution in [1.82, 2.24) is 9.97 Å². The van der Waals surface area contributed by atoms with E-state index in [0.717, 1.165) is 45.1 Å². The van der Waals surface area contributed by atoms with Crippen molar-refractivity contribution in [2.45, 2.75) is 12.4 Å². The number of hydrogen-bond donors (Lipinski definition) is 0. The summed E-state index contributed by atoms with van der Waals surface area (Å²) in [5, 5.41) is 1.23. The Morgan fingerprint density at radius 2 is 0.750 bits per heavy atom. The summed E-state index contributed by atoms with van der Waals surface area (Å²) in [6, 6.07) is 17.5. The average molecular weight is 533 g/mol. The molecule has 2 nitrogen and oxygen atoms in total. The highest BCUT2D eigenvalue weighted by Gasteiger charge is 2.30. The Kier molecular flexibility index (Phi) is 6.17. The van der Waals surface area contributed by atoms with Crippen molar-refractivity contribution in [3.63, 3.8) is 0 Å².